The standard InChI is InChI=1S/C16H19ClN2O5/c1-18-14(20)7-19(2)15(21)9-24-16(22)11-5-10-6-12(17)3-4-13(10)23-8-11/h3-4,6,11H,5,7-9H2,1-2H3,(H,18,20)/t11-/m0/s1. The number of fused-ring (bicyclic) bond motifs is 1. The van der Waals surface area contributed by atoms with Crippen LogP contribution in [0.1, 0.15) is 5.56 Å². The van der Waals surface area contributed by atoms with Crippen molar-refractivity contribution in [2.45, 2.75) is 6.42 Å². The molecule has 1 aromatic rings. The van der Waals surface area contributed by atoms with Gasteiger partial charge in [0.1, 0.15) is 12.4 Å². The van der Waals surface area contributed by atoms with Gasteiger partial charge in [0.05, 0.1) is 12.5 Å². The van der Waals surface area contributed by atoms with Crippen LogP contribution in [0.2, 0.25) is 5.02 Å². The minimum atomic E-state index is -0.512. The molecular formula is C16H19ClN2O5. The number of carbonyl (C=O) groups excluding carboxylic acids is 3. The molecule has 0 saturated heterocycles. The van der Waals surface area contributed by atoms with E-state index in [-0.39, 0.29) is 19.1 Å². The maximum Gasteiger partial charge on any atom is 0.313 e. The van der Waals surface area contributed by atoms with Gasteiger partial charge in [-0.15, -0.1) is 0 Å². The van der Waals surface area contributed by atoms with Crippen LogP contribution in [0.15, 0.2) is 18.2 Å². The second kappa shape index (κ2) is 8.01. The van der Waals surface area contributed by atoms with Crippen molar-refractivity contribution < 1.29 is 23.9 Å². The van der Waals surface area contributed by atoms with E-state index in [0.29, 0.717) is 17.2 Å². The zero-order chi connectivity index (χ0) is 17.7. The Morgan fingerprint density at radius 2 is 2.17 bits per heavy atom. The molecule has 130 valence electrons. The number of ether oxygens (including phenoxy) is 2. The first-order valence-corrected chi connectivity index (χ1v) is 7.81. The van der Waals surface area contributed by atoms with E-state index in [4.69, 9.17) is 21.1 Å². The predicted octanol–water partition coefficient (Wildman–Crippen LogP) is 0.639. The van der Waals surface area contributed by atoms with E-state index in [9.17, 15) is 14.4 Å². The Morgan fingerprint density at radius 3 is 2.88 bits per heavy atom. The van der Waals surface area contributed by atoms with Crippen LogP contribution in [0.5, 0.6) is 5.75 Å². The molecule has 2 amide bonds. The van der Waals surface area contributed by atoms with Crippen molar-refractivity contribution in [2.24, 2.45) is 5.92 Å². The Balaban J connectivity index is 1.85. The number of nitrogens with zero attached hydrogens (tertiary/aromatic N) is 1. The number of likely N-dealkylation sites (N-methyl/N-ethyl adjacent to an activating group) is 2. The summed E-state index contributed by atoms with van der Waals surface area (Å²) < 4.78 is 10.6. The van der Waals surface area contributed by atoms with Gasteiger partial charge in [-0.25, -0.2) is 0 Å². The SMILES string of the molecule is CNC(=O)CN(C)C(=O)COC(=O)[C@@H]1COc2ccc(Cl)cc2C1. The second-order valence-electron chi connectivity index (χ2n) is 5.49. The number of esters is 1. The largest absolute Gasteiger partial charge is 0.492 e. The van der Waals surface area contributed by atoms with Crippen molar-refractivity contribution in [3.05, 3.63) is 28.8 Å². The quantitative estimate of drug-likeness (QED) is 0.784. The van der Waals surface area contributed by atoms with Crippen molar-refractivity contribution in [1.82, 2.24) is 10.2 Å². The lowest BCUT2D eigenvalue weighted by atomic mass is 9.97. The maximum absolute atomic E-state index is 12.1. The normalized spacial score (nSPS) is 15.7. The number of nitrogens with one attached hydrogen (secondary N) is 1. The average molecular weight is 355 g/mol. The smallest absolute Gasteiger partial charge is 0.313 e. The van der Waals surface area contributed by atoms with E-state index >= 15 is 0 Å². The lowest BCUT2D eigenvalue weighted by Crippen LogP contribution is -2.39. The molecule has 1 aliphatic rings. The molecule has 0 radical (unpaired) electrons. The maximum atomic E-state index is 12.1. The number of carbonyl (C=O) groups is 3. The molecule has 1 atom stereocenters. The number of rotatable bonds is 5. The summed E-state index contributed by atoms with van der Waals surface area (Å²) in [5.74, 6) is -1.06. The Hall–Kier alpha value is -2.28. The van der Waals surface area contributed by atoms with Crippen LogP contribution < -0.4 is 10.1 Å². The van der Waals surface area contributed by atoms with Crippen molar-refractivity contribution in [2.75, 3.05) is 33.9 Å². The minimum Gasteiger partial charge on any atom is -0.492 e. The monoisotopic (exact) mass is 354 g/mol. The van der Waals surface area contributed by atoms with Crippen LogP contribution in [0, 0.1) is 5.92 Å². The first-order chi connectivity index (χ1) is 11.4. The van der Waals surface area contributed by atoms with Gasteiger partial charge in [-0.3, -0.25) is 14.4 Å². The van der Waals surface area contributed by atoms with Crippen molar-refractivity contribution in [3.63, 3.8) is 0 Å². The van der Waals surface area contributed by atoms with Crippen molar-refractivity contribution in [1.29, 1.82) is 0 Å². The van der Waals surface area contributed by atoms with E-state index in [1.54, 1.807) is 18.2 Å². The Bertz CT molecular complexity index is 649. The summed E-state index contributed by atoms with van der Waals surface area (Å²) in [6, 6.07) is 5.23. The minimum absolute atomic E-state index is 0.0920. The molecule has 0 unspecified atom stereocenters. The molecule has 1 heterocycles. The fourth-order valence-electron chi connectivity index (χ4n) is 2.26. The van der Waals surface area contributed by atoms with Crippen LogP contribution >= 0.6 is 11.6 Å². The summed E-state index contributed by atoms with van der Waals surface area (Å²) in [6.07, 6.45) is 0.441. The second-order valence-corrected chi connectivity index (χ2v) is 5.93. The third-order valence-corrected chi connectivity index (χ3v) is 3.92. The van der Waals surface area contributed by atoms with Gasteiger partial charge in [-0.2, -0.15) is 0 Å². The van der Waals surface area contributed by atoms with Crippen LogP contribution in [-0.2, 0) is 25.5 Å². The van der Waals surface area contributed by atoms with Crippen LogP contribution in [0.4, 0.5) is 0 Å². The fraction of sp³-hybridized carbons (Fsp3) is 0.438. The van der Waals surface area contributed by atoms with Gasteiger partial charge in [0.15, 0.2) is 6.61 Å². The lowest BCUT2D eigenvalue weighted by molar-refractivity contribution is -0.156. The topological polar surface area (TPSA) is 84.9 Å². The molecule has 8 heteroatoms. The molecule has 0 aromatic heterocycles. The molecular weight excluding hydrogens is 336 g/mol. The van der Waals surface area contributed by atoms with E-state index in [1.165, 1.54) is 19.0 Å². The molecule has 24 heavy (non-hydrogen) atoms. The summed E-state index contributed by atoms with van der Waals surface area (Å²) >= 11 is 5.94. The summed E-state index contributed by atoms with van der Waals surface area (Å²) in [6.45, 7) is -0.313. The highest BCUT2D eigenvalue weighted by Crippen LogP contribution is 2.30. The molecule has 0 spiro atoms. The van der Waals surface area contributed by atoms with Crippen LogP contribution in [-0.4, -0.2) is 56.5 Å². The van der Waals surface area contributed by atoms with Gasteiger partial charge in [-0.1, -0.05) is 11.6 Å². The molecule has 2 rings (SSSR count). The third-order valence-electron chi connectivity index (χ3n) is 3.69. The van der Waals surface area contributed by atoms with Gasteiger partial charge in [-0.05, 0) is 30.2 Å². The molecule has 1 N–H and O–H groups in total. The summed E-state index contributed by atoms with van der Waals surface area (Å²) in [7, 11) is 2.95. The number of hydrogen-bond donors (Lipinski definition) is 1. The number of hydrogen-bond acceptors (Lipinski definition) is 5. The van der Waals surface area contributed by atoms with Gasteiger partial charge >= 0.3 is 5.97 Å². The van der Waals surface area contributed by atoms with Gasteiger partial charge in [0, 0.05) is 19.1 Å². The Labute approximate surface area is 144 Å². The molecule has 0 bridgehead atoms. The van der Waals surface area contributed by atoms with E-state index in [0.717, 1.165) is 5.56 Å². The lowest BCUT2D eigenvalue weighted by Gasteiger charge is -2.24. The van der Waals surface area contributed by atoms with E-state index in [1.807, 2.05) is 0 Å². The Morgan fingerprint density at radius 1 is 1.42 bits per heavy atom. The number of amides is 2. The molecule has 0 aliphatic carbocycles. The first-order valence-electron chi connectivity index (χ1n) is 7.43. The predicted molar refractivity (Wildman–Crippen MR) is 86.8 cm³/mol. The molecule has 0 fully saturated rings. The first kappa shape index (κ1) is 18.1. The highest BCUT2D eigenvalue weighted by molar-refractivity contribution is 6.30. The zero-order valence-corrected chi connectivity index (χ0v) is 14.3. The van der Waals surface area contributed by atoms with Gasteiger partial charge in [0.2, 0.25) is 5.91 Å². The third kappa shape index (κ3) is 4.61. The van der Waals surface area contributed by atoms with Crippen molar-refractivity contribution in [3.8, 4) is 5.75 Å². The zero-order valence-electron chi connectivity index (χ0n) is 13.5. The van der Waals surface area contributed by atoms with Crippen LogP contribution in [0.25, 0.3) is 0 Å². The number of halogens is 1. The average Bonchev–Trinajstić information content (AvgIpc) is 2.58. The molecule has 0 saturated carbocycles. The van der Waals surface area contributed by atoms with E-state index < -0.39 is 24.4 Å². The summed E-state index contributed by atoms with van der Waals surface area (Å²) in [4.78, 5) is 36.4. The Kier molecular flexibility index (Phi) is 6.03. The number of benzene rings is 1. The van der Waals surface area contributed by atoms with Gasteiger partial charge < -0.3 is 19.7 Å². The van der Waals surface area contributed by atoms with E-state index in [2.05, 4.69) is 5.32 Å². The van der Waals surface area contributed by atoms with Gasteiger partial charge in [0.25, 0.3) is 5.91 Å². The highest BCUT2D eigenvalue weighted by atomic mass is 35.5. The van der Waals surface area contributed by atoms with Crippen molar-refractivity contribution >= 4 is 29.4 Å². The summed E-state index contributed by atoms with van der Waals surface area (Å²) in [5.41, 5.74) is 0.832. The molecule has 1 aliphatic heterocycles. The highest BCUT2D eigenvalue weighted by Gasteiger charge is 2.28. The fourth-order valence-corrected chi connectivity index (χ4v) is 2.45. The van der Waals surface area contributed by atoms with Crippen LogP contribution in [0.3, 0.4) is 0 Å². The molecule has 7 nitrogen and oxygen atoms in total. The summed E-state index contributed by atoms with van der Waals surface area (Å²) in [5, 5.41) is 2.98. The molecule has 1 aromatic carbocycles.